The topological polar surface area (TPSA) is 104 Å². The Morgan fingerprint density at radius 1 is 1.12 bits per heavy atom. The number of aromatic nitrogens is 3. The summed E-state index contributed by atoms with van der Waals surface area (Å²) in [6.07, 6.45) is 0. The van der Waals surface area contributed by atoms with E-state index in [4.69, 9.17) is 15.2 Å². The molecule has 3 N–H and O–H groups in total. The number of nitrogens with one attached hydrogen (secondary N) is 1. The van der Waals surface area contributed by atoms with E-state index in [-0.39, 0.29) is 11.5 Å². The molecule has 8 heteroatoms. The second-order valence-corrected chi connectivity index (χ2v) is 5.49. The summed E-state index contributed by atoms with van der Waals surface area (Å²) >= 11 is 0. The molecule has 0 unspecified atom stereocenters. The van der Waals surface area contributed by atoms with Crippen LogP contribution in [0.15, 0.2) is 48.5 Å². The predicted molar refractivity (Wildman–Crippen MR) is 97.5 cm³/mol. The van der Waals surface area contributed by atoms with Crippen molar-refractivity contribution in [3.8, 4) is 11.5 Å². The number of nitrogens with zero attached hydrogens (tertiary/aromatic N) is 3. The SMILES string of the molecule is COc1ccc(NC(=O)c2nnn(Cc3ccccc3)c2N)cc1OC. The van der Waals surface area contributed by atoms with Gasteiger partial charge >= 0.3 is 0 Å². The Morgan fingerprint density at radius 3 is 2.54 bits per heavy atom. The molecule has 0 atom stereocenters. The van der Waals surface area contributed by atoms with E-state index in [1.807, 2.05) is 30.3 Å². The number of nitrogen functional groups attached to an aromatic ring is 1. The van der Waals surface area contributed by atoms with Crippen LogP contribution in [-0.2, 0) is 6.54 Å². The molecule has 0 fully saturated rings. The number of rotatable bonds is 6. The average molecular weight is 353 g/mol. The minimum Gasteiger partial charge on any atom is -0.493 e. The lowest BCUT2D eigenvalue weighted by molar-refractivity contribution is 0.102. The van der Waals surface area contributed by atoms with Gasteiger partial charge in [0.05, 0.1) is 20.8 Å². The number of carbonyl (C=O) groups excluding carboxylic acids is 1. The third kappa shape index (κ3) is 3.59. The van der Waals surface area contributed by atoms with Crippen molar-refractivity contribution >= 4 is 17.4 Å². The monoisotopic (exact) mass is 353 g/mol. The number of nitrogens with two attached hydrogens (primary N) is 1. The summed E-state index contributed by atoms with van der Waals surface area (Å²) in [4.78, 5) is 12.5. The molecule has 0 saturated heterocycles. The quantitative estimate of drug-likeness (QED) is 0.704. The third-order valence-corrected chi connectivity index (χ3v) is 3.81. The highest BCUT2D eigenvalue weighted by molar-refractivity contribution is 6.05. The third-order valence-electron chi connectivity index (χ3n) is 3.81. The molecule has 3 aromatic rings. The fourth-order valence-electron chi connectivity index (χ4n) is 2.46. The van der Waals surface area contributed by atoms with E-state index in [0.29, 0.717) is 23.7 Å². The molecular formula is C18H19N5O3. The first kappa shape index (κ1) is 17.3. The standard InChI is InChI=1S/C18H19N5O3/c1-25-14-9-8-13(10-15(14)26-2)20-18(24)16-17(19)23(22-21-16)11-12-6-4-3-5-7-12/h3-10H,11,19H2,1-2H3,(H,20,24). The minimum absolute atomic E-state index is 0.0655. The van der Waals surface area contributed by atoms with Gasteiger partial charge in [0.15, 0.2) is 23.0 Å². The van der Waals surface area contributed by atoms with Crippen molar-refractivity contribution < 1.29 is 14.3 Å². The van der Waals surface area contributed by atoms with E-state index in [2.05, 4.69) is 15.6 Å². The fraction of sp³-hybridized carbons (Fsp3) is 0.167. The van der Waals surface area contributed by atoms with Crippen molar-refractivity contribution in [2.45, 2.75) is 6.54 Å². The van der Waals surface area contributed by atoms with E-state index < -0.39 is 5.91 Å². The summed E-state index contributed by atoms with van der Waals surface area (Å²) in [5.41, 5.74) is 7.65. The van der Waals surface area contributed by atoms with E-state index in [9.17, 15) is 4.79 Å². The number of amides is 1. The van der Waals surface area contributed by atoms with Gasteiger partial charge in [0.2, 0.25) is 0 Å². The number of ether oxygens (including phenoxy) is 2. The molecular weight excluding hydrogens is 334 g/mol. The molecule has 0 saturated carbocycles. The molecule has 0 aliphatic rings. The Labute approximate surface area is 150 Å². The van der Waals surface area contributed by atoms with E-state index in [1.165, 1.54) is 11.8 Å². The Morgan fingerprint density at radius 2 is 1.85 bits per heavy atom. The van der Waals surface area contributed by atoms with Gasteiger partial charge in [-0.05, 0) is 17.7 Å². The smallest absolute Gasteiger partial charge is 0.280 e. The zero-order valence-electron chi connectivity index (χ0n) is 14.5. The van der Waals surface area contributed by atoms with Crippen LogP contribution in [0, 0.1) is 0 Å². The number of methoxy groups -OCH3 is 2. The predicted octanol–water partition coefficient (Wildman–Crippen LogP) is 2.18. The summed E-state index contributed by atoms with van der Waals surface area (Å²) in [7, 11) is 3.07. The average Bonchev–Trinajstić information content (AvgIpc) is 3.03. The maximum Gasteiger partial charge on any atom is 0.280 e. The van der Waals surface area contributed by atoms with Gasteiger partial charge in [-0.25, -0.2) is 4.68 Å². The molecule has 3 rings (SSSR count). The molecule has 1 aromatic heterocycles. The molecule has 26 heavy (non-hydrogen) atoms. The van der Waals surface area contributed by atoms with E-state index in [1.54, 1.807) is 25.3 Å². The van der Waals surface area contributed by atoms with E-state index >= 15 is 0 Å². The highest BCUT2D eigenvalue weighted by atomic mass is 16.5. The Balaban J connectivity index is 1.76. The second kappa shape index (κ2) is 7.56. The number of hydrogen-bond acceptors (Lipinski definition) is 6. The first-order valence-corrected chi connectivity index (χ1v) is 7.88. The van der Waals surface area contributed by atoms with Gasteiger partial charge in [0.1, 0.15) is 0 Å². The van der Waals surface area contributed by atoms with E-state index in [0.717, 1.165) is 5.56 Å². The van der Waals surface area contributed by atoms with Crippen LogP contribution in [-0.4, -0.2) is 35.1 Å². The first-order valence-electron chi connectivity index (χ1n) is 7.88. The van der Waals surface area contributed by atoms with Gasteiger partial charge < -0.3 is 20.5 Å². The maximum atomic E-state index is 12.5. The largest absolute Gasteiger partial charge is 0.493 e. The van der Waals surface area contributed by atoms with Gasteiger partial charge in [-0.3, -0.25) is 4.79 Å². The molecule has 1 amide bonds. The molecule has 2 aromatic carbocycles. The Hall–Kier alpha value is -3.55. The maximum absolute atomic E-state index is 12.5. The van der Waals surface area contributed by atoms with Crippen molar-refractivity contribution in [3.63, 3.8) is 0 Å². The molecule has 0 aliphatic carbocycles. The lowest BCUT2D eigenvalue weighted by Gasteiger charge is -2.10. The molecule has 0 aliphatic heterocycles. The number of hydrogen-bond donors (Lipinski definition) is 2. The van der Waals surface area contributed by atoms with Crippen molar-refractivity contribution in [1.29, 1.82) is 0 Å². The number of anilines is 2. The summed E-state index contributed by atoms with van der Waals surface area (Å²) in [5, 5.41) is 10.6. The van der Waals surface area contributed by atoms with Gasteiger partial charge in [0.25, 0.3) is 5.91 Å². The van der Waals surface area contributed by atoms with Crippen molar-refractivity contribution in [2.24, 2.45) is 0 Å². The Kier molecular flexibility index (Phi) is 5.02. The zero-order valence-corrected chi connectivity index (χ0v) is 14.5. The highest BCUT2D eigenvalue weighted by Crippen LogP contribution is 2.30. The van der Waals surface area contributed by atoms with Gasteiger partial charge in [-0.15, -0.1) is 5.10 Å². The Bertz CT molecular complexity index is 908. The summed E-state index contributed by atoms with van der Waals surface area (Å²) in [6.45, 7) is 0.434. The summed E-state index contributed by atoms with van der Waals surface area (Å²) < 4.78 is 11.9. The lowest BCUT2D eigenvalue weighted by atomic mass is 10.2. The minimum atomic E-state index is -0.450. The molecule has 8 nitrogen and oxygen atoms in total. The fourth-order valence-corrected chi connectivity index (χ4v) is 2.46. The molecule has 1 heterocycles. The lowest BCUT2D eigenvalue weighted by Crippen LogP contribution is -2.15. The van der Waals surface area contributed by atoms with Crippen molar-refractivity contribution in [1.82, 2.24) is 15.0 Å². The van der Waals surface area contributed by atoms with Gasteiger partial charge in [0, 0.05) is 11.8 Å². The summed E-state index contributed by atoms with van der Waals surface area (Å²) in [6, 6.07) is 14.7. The zero-order chi connectivity index (χ0) is 18.5. The van der Waals surface area contributed by atoms with Crippen LogP contribution in [0.25, 0.3) is 0 Å². The van der Waals surface area contributed by atoms with Crippen LogP contribution in [0.5, 0.6) is 11.5 Å². The van der Waals surface area contributed by atoms with Gasteiger partial charge in [-0.1, -0.05) is 35.5 Å². The first-order chi connectivity index (χ1) is 12.6. The molecule has 0 radical (unpaired) electrons. The van der Waals surface area contributed by atoms with Crippen LogP contribution in [0.2, 0.25) is 0 Å². The normalized spacial score (nSPS) is 10.4. The summed E-state index contributed by atoms with van der Waals surface area (Å²) in [5.74, 6) is 0.825. The van der Waals surface area contributed by atoms with Crippen molar-refractivity contribution in [2.75, 3.05) is 25.3 Å². The molecule has 0 bridgehead atoms. The van der Waals surface area contributed by atoms with Crippen molar-refractivity contribution in [3.05, 3.63) is 59.8 Å². The van der Waals surface area contributed by atoms with Crippen LogP contribution in [0.3, 0.4) is 0 Å². The van der Waals surface area contributed by atoms with Crippen LogP contribution < -0.4 is 20.5 Å². The number of carbonyl (C=O) groups is 1. The van der Waals surface area contributed by atoms with Crippen LogP contribution in [0.1, 0.15) is 16.1 Å². The molecule has 134 valence electrons. The molecule has 0 spiro atoms. The highest BCUT2D eigenvalue weighted by Gasteiger charge is 2.18. The number of benzene rings is 2. The van der Waals surface area contributed by atoms with Crippen LogP contribution >= 0.6 is 0 Å². The second-order valence-electron chi connectivity index (χ2n) is 5.49. The van der Waals surface area contributed by atoms with Gasteiger partial charge in [-0.2, -0.15) is 0 Å². The van der Waals surface area contributed by atoms with Crippen LogP contribution in [0.4, 0.5) is 11.5 Å².